The van der Waals surface area contributed by atoms with Crippen LogP contribution in [0, 0.1) is 5.82 Å². The molecule has 114 valence electrons. The molecule has 2 rings (SSSR count). The smallest absolute Gasteiger partial charge is 0.312 e. The summed E-state index contributed by atoms with van der Waals surface area (Å²) in [7, 11) is 0. The van der Waals surface area contributed by atoms with Crippen LogP contribution < -0.4 is 5.32 Å². The lowest BCUT2D eigenvalue weighted by Crippen LogP contribution is -2.22. The summed E-state index contributed by atoms with van der Waals surface area (Å²) in [6.07, 6.45) is -2.86. The lowest BCUT2D eigenvalue weighted by molar-refractivity contribution is -0.138. The number of alkyl halides is 3. The van der Waals surface area contributed by atoms with Gasteiger partial charge in [0, 0.05) is 30.6 Å². The number of nitrogens with zero attached hydrogens (tertiary/aromatic N) is 1. The molecule has 0 radical (unpaired) electrons. The van der Waals surface area contributed by atoms with E-state index >= 15 is 0 Å². The minimum atomic E-state index is -4.56. The molecule has 0 aliphatic rings. The largest absolute Gasteiger partial charge is 0.416 e. The highest BCUT2D eigenvalue weighted by Crippen LogP contribution is 2.32. The van der Waals surface area contributed by atoms with Gasteiger partial charge in [-0.15, -0.1) is 11.3 Å². The third kappa shape index (κ3) is 4.25. The first-order valence-electron chi connectivity index (χ1n) is 6.33. The molecule has 0 spiro atoms. The van der Waals surface area contributed by atoms with Crippen LogP contribution in [0.1, 0.15) is 29.0 Å². The second kappa shape index (κ2) is 6.53. The number of hydrogen-bond donors (Lipinski definition) is 1. The normalized spacial score (nSPS) is 13.4. The molecule has 0 fully saturated rings. The Labute approximate surface area is 123 Å². The van der Waals surface area contributed by atoms with Crippen molar-refractivity contribution in [3.8, 4) is 0 Å². The molecule has 2 aromatic rings. The highest BCUT2D eigenvalue weighted by molar-refractivity contribution is 7.09. The molecule has 21 heavy (non-hydrogen) atoms. The van der Waals surface area contributed by atoms with Crippen LogP contribution in [-0.4, -0.2) is 11.5 Å². The van der Waals surface area contributed by atoms with Crippen molar-refractivity contribution < 1.29 is 17.6 Å². The lowest BCUT2D eigenvalue weighted by Gasteiger charge is -2.15. The second-order valence-electron chi connectivity index (χ2n) is 4.70. The molecule has 2 nitrogen and oxygen atoms in total. The maximum absolute atomic E-state index is 13.0. The molecule has 1 heterocycles. The topological polar surface area (TPSA) is 24.9 Å². The van der Waals surface area contributed by atoms with Gasteiger partial charge in [0.15, 0.2) is 0 Å². The molecule has 0 saturated heterocycles. The minimum absolute atomic E-state index is 0.0326. The molecular weight excluding hydrogens is 304 g/mol. The van der Waals surface area contributed by atoms with Gasteiger partial charge in [-0.1, -0.05) is 13.0 Å². The lowest BCUT2D eigenvalue weighted by atomic mass is 10.1. The standard InChI is InChI=1S/C14H14F4N2S/c1-9(13-20-4-5-21-13)7-19-8-10-2-3-11(15)6-12(10)14(16,17)18/h2-6,9,19H,7-8H2,1H3. The fraction of sp³-hybridized carbons (Fsp3) is 0.357. The minimum Gasteiger partial charge on any atom is -0.312 e. The first-order valence-corrected chi connectivity index (χ1v) is 7.21. The van der Waals surface area contributed by atoms with Crippen LogP contribution in [0.5, 0.6) is 0 Å². The molecule has 1 N–H and O–H groups in total. The van der Waals surface area contributed by atoms with Crippen molar-refractivity contribution in [1.82, 2.24) is 10.3 Å². The average molecular weight is 318 g/mol. The van der Waals surface area contributed by atoms with E-state index in [9.17, 15) is 17.6 Å². The van der Waals surface area contributed by atoms with E-state index in [0.29, 0.717) is 12.6 Å². The zero-order valence-corrected chi connectivity index (χ0v) is 12.1. The third-order valence-corrected chi connectivity index (χ3v) is 4.02. The highest BCUT2D eigenvalue weighted by Gasteiger charge is 2.33. The average Bonchev–Trinajstić information content (AvgIpc) is 2.93. The van der Waals surface area contributed by atoms with Crippen LogP contribution in [0.3, 0.4) is 0 Å². The molecule has 1 aromatic heterocycles. The fourth-order valence-corrected chi connectivity index (χ4v) is 2.65. The van der Waals surface area contributed by atoms with Crippen molar-refractivity contribution in [2.75, 3.05) is 6.54 Å². The molecule has 1 aromatic carbocycles. The number of hydrogen-bond acceptors (Lipinski definition) is 3. The van der Waals surface area contributed by atoms with Gasteiger partial charge in [0.2, 0.25) is 0 Å². The number of aromatic nitrogens is 1. The zero-order valence-electron chi connectivity index (χ0n) is 11.2. The van der Waals surface area contributed by atoms with Gasteiger partial charge in [-0.3, -0.25) is 0 Å². The SMILES string of the molecule is CC(CNCc1ccc(F)cc1C(F)(F)F)c1nccs1. The van der Waals surface area contributed by atoms with E-state index < -0.39 is 17.6 Å². The molecule has 1 atom stereocenters. The Bertz CT molecular complexity index is 581. The van der Waals surface area contributed by atoms with Crippen molar-refractivity contribution in [2.24, 2.45) is 0 Å². The van der Waals surface area contributed by atoms with Gasteiger partial charge in [-0.2, -0.15) is 13.2 Å². The van der Waals surface area contributed by atoms with Gasteiger partial charge >= 0.3 is 6.18 Å². The third-order valence-electron chi connectivity index (χ3n) is 3.02. The molecule has 1 unspecified atom stereocenters. The van der Waals surface area contributed by atoms with E-state index in [-0.39, 0.29) is 18.0 Å². The Kier molecular flexibility index (Phi) is 4.95. The number of thiazole rings is 1. The van der Waals surface area contributed by atoms with Gasteiger partial charge < -0.3 is 5.32 Å². The Morgan fingerprint density at radius 2 is 2.10 bits per heavy atom. The molecule has 7 heteroatoms. The summed E-state index contributed by atoms with van der Waals surface area (Å²) in [5.74, 6) is -0.776. The van der Waals surface area contributed by atoms with Crippen LogP contribution in [0.15, 0.2) is 29.8 Å². The summed E-state index contributed by atoms with van der Waals surface area (Å²) in [5, 5.41) is 5.75. The van der Waals surface area contributed by atoms with Crippen molar-refractivity contribution in [2.45, 2.75) is 25.6 Å². The summed E-state index contributed by atoms with van der Waals surface area (Å²) >= 11 is 1.51. The number of nitrogens with one attached hydrogen (secondary N) is 1. The number of rotatable bonds is 5. The predicted molar refractivity (Wildman–Crippen MR) is 73.6 cm³/mol. The summed E-state index contributed by atoms with van der Waals surface area (Å²) in [5.41, 5.74) is -0.896. The Hall–Kier alpha value is -1.47. The van der Waals surface area contributed by atoms with Gasteiger partial charge in [-0.05, 0) is 17.7 Å². The number of benzene rings is 1. The van der Waals surface area contributed by atoms with E-state index in [1.165, 1.54) is 17.4 Å². The second-order valence-corrected chi connectivity index (χ2v) is 5.63. The fourth-order valence-electron chi connectivity index (χ4n) is 1.96. The van der Waals surface area contributed by atoms with E-state index in [4.69, 9.17) is 0 Å². The molecule has 0 saturated carbocycles. The first kappa shape index (κ1) is 15.9. The van der Waals surface area contributed by atoms with Crippen molar-refractivity contribution in [3.63, 3.8) is 0 Å². The summed E-state index contributed by atoms with van der Waals surface area (Å²) in [4.78, 5) is 4.16. The van der Waals surface area contributed by atoms with Crippen LogP contribution in [0.25, 0.3) is 0 Å². The van der Waals surface area contributed by atoms with Crippen molar-refractivity contribution in [3.05, 3.63) is 51.7 Å². The van der Waals surface area contributed by atoms with E-state index in [1.807, 2.05) is 12.3 Å². The molecule has 0 aliphatic carbocycles. The number of halogens is 4. The quantitative estimate of drug-likeness (QED) is 0.836. The summed E-state index contributed by atoms with van der Waals surface area (Å²) < 4.78 is 51.5. The monoisotopic (exact) mass is 318 g/mol. The van der Waals surface area contributed by atoms with Crippen LogP contribution >= 0.6 is 11.3 Å². The zero-order chi connectivity index (χ0) is 15.5. The van der Waals surface area contributed by atoms with Gasteiger partial charge in [-0.25, -0.2) is 9.37 Å². The Morgan fingerprint density at radius 3 is 2.71 bits per heavy atom. The van der Waals surface area contributed by atoms with Crippen molar-refractivity contribution >= 4 is 11.3 Å². The van der Waals surface area contributed by atoms with E-state index in [1.54, 1.807) is 6.20 Å². The molecule has 0 bridgehead atoms. The van der Waals surface area contributed by atoms with E-state index in [0.717, 1.165) is 11.1 Å². The Morgan fingerprint density at radius 1 is 1.33 bits per heavy atom. The predicted octanol–water partition coefficient (Wildman–Crippen LogP) is 4.19. The van der Waals surface area contributed by atoms with Gasteiger partial charge in [0.25, 0.3) is 0 Å². The van der Waals surface area contributed by atoms with Gasteiger partial charge in [0.1, 0.15) is 5.82 Å². The Balaban J connectivity index is 2.00. The van der Waals surface area contributed by atoms with Crippen molar-refractivity contribution in [1.29, 1.82) is 0 Å². The molecule has 0 aliphatic heterocycles. The summed E-state index contributed by atoms with van der Waals surface area (Å²) in [6, 6.07) is 2.73. The van der Waals surface area contributed by atoms with Gasteiger partial charge in [0.05, 0.1) is 10.6 Å². The van der Waals surface area contributed by atoms with Crippen LogP contribution in [0.2, 0.25) is 0 Å². The van der Waals surface area contributed by atoms with E-state index in [2.05, 4.69) is 10.3 Å². The summed E-state index contributed by atoms with van der Waals surface area (Å²) in [6.45, 7) is 2.48. The first-order chi connectivity index (χ1) is 9.88. The molecule has 0 amide bonds. The highest BCUT2D eigenvalue weighted by atomic mass is 32.1. The molecular formula is C14H14F4N2S. The van der Waals surface area contributed by atoms with Crippen LogP contribution in [0.4, 0.5) is 17.6 Å². The maximum atomic E-state index is 13.0. The van der Waals surface area contributed by atoms with Crippen LogP contribution in [-0.2, 0) is 12.7 Å². The maximum Gasteiger partial charge on any atom is 0.416 e.